The second-order valence-corrected chi connectivity index (χ2v) is 6.55. The van der Waals surface area contributed by atoms with Gasteiger partial charge in [-0.15, -0.1) is 0 Å². The van der Waals surface area contributed by atoms with Crippen LogP contribution in [0.25, 0.3) is 0 Å². The van der Waals surface area contributed by atoms with Gasteiger partial charge in [0.25, 0.3) is 0 Å². The van der Waals surface area contributed by atoms with Crippen LogP contribution in [-0.4, -0.2) is 16.1 Å². The molecule has 0 saturated heterocycles. The molecule has 1 aliphatic carbocycles. The van der Waals surface area contributed by atoms with Crippen molar-refractivity contribution in [1.82, 2.24) is 9.97 Å². The van der Waals surface area contributed by atoms with Crippen molar-refractivity contribution in [3.8, 4) is 5.88 Å². The van der Waals surface area contributed by atoms with Crippen molar-refractivity contribution >= 4 is 5.82 Å². The minimum absolute atomic E-state index is 0.235. The minimum atomic E-state index is 0.235. The van der Waals surface area contributed by atoms with Crippen LogP contribution in [0.3, 0.4) is 0 Å². The van der Waals surface area contributed by atoms with Gasteiger partial charge < -0.3 is 10.5 Å². The number of hydrogen-bond acceptors (Lipinski definition) is 4. The molecule has 106 valence electrons. The average molecular weight is 263 g/mol. The van der Waals surface area contributed by atoms with Gasteiger partial charge in [0.1, 0.15) is 18.2 Å². The van der Waals surface area contributed by atoms with Crippen molar-refractivity contribution in [2.24, 2.45) is 11.3 Å². The van der Waals surface area contributed by atoms with Crippen molar-refractivity contribution in [2.75, 3.05) is 5.73 Å². The van der Waals surface area contributed by atoms with Gasteiger partial charge in [-0.25, -0.2) is 9.97 Å². The van der Waals surface area contributed by atoms with Gasteiger partial charge in [-0.05, 0) is 37.0 Å². The zero-order chi connectivity index (χ0) is 14.0. The van der Waals surface area contributed by atoms with Crippen LogP contribution in [0.1, 0.15) is 52.5 Å². The van der Waals surface area contributed by atoms with Gasteiger partial charge >= 0.3 is 0 Å². The molecular weight excluding hydrogens is 238 g/mol. The second-order valence-electron chi connectivity index (χ2n) is 6.55. The smallest absolute Gasteiger partial charge is 0.222 e. The number of rotatable bonds is 3. The molecule has 2 unspecified atom stereocenters. The van der Waals surface area contributed by atoms with Gasteiger partial charge in [0.05, 0.1) is 5.56 Å². The Bertz CT molecular complexity index is 445. The van der Waals surface area contributed by atoms with Crippen molar-refractivity contribution in [3.05, 3.63) is 11.9 Å². The third-order valence-electron chi connectivity index (χ3n) is 3.92. The molecule has 1 heterocycles. The molecule has 0 amide bonds. The van der Waals surface area contributed by atoms with E-state index in [1.54, 1.807) is 0 Å². The molecule has 0 bridgehead atoms. The summed E-state index contributed by atoms with van der Waals surface area (Å²) < 4.78 is 6.13. The minimum Gasteiger partial charge on any atom is -0.474 e. The Morgan fingerprint density at radius 3 is 2.74 bits per heavy atom. The van der Waals surface area contributed by atoms with Crippen molar-refractivity contribution in [2.45, 2.75) is 59.5 Å². The topological polar surface area (TPSA) is 61.0 Å². The Kier molecular flexibility index (Phi) is 3.97. The molecule has 1 aromatic rings. The summed E-state index contributed by atoms with van der Waals surface area (Å²) >= 11 is 0. The third kappa shape index (κ3) is 3.37. The van der Waals surface area contributed by atoms with Gasteiger partial charge in [-0.2, -0.15) is 0 Å². The number of anilines is 1. The van der Waals surface area contributed by atoms with E-state index >= 15 is 0 Å². The molecule has 1 aromatic heterocycles. The van der Waals surface area contributed by atoms with Crippen LogP contribution < -0.4 is 10.5 Å². The summed E-state index contributed by atoms with van der Waals surface area (Å²) in [7, 11) is 0. The molecule has 4 heteroatoms. The monoisotopic (exact) mass is 263 g/mol. The van der Waals surface area contributed by atoms with Crippen LogP contribution in [0, 0.1) is 11.3 Å². The summed E-state index contributed by atoms with van der Waals surface area (Å²) in [6, 6.07) is 0. The van der Waals surface area contributed by atoms with Gasteiger partial charge in [0, 0.05) is 0 Å². The Morgan fingerprint density at radius 2 is 2.11 bits per heavy atom. The first-order chi connectivity index (χ1) is 8.91. The predicted octanol–water partition coefficient (Wildman–Crippen LogP) is 3.21. The Morgan fingerprint density at radius 1 is 1.37 bits per heavy atom. The third-order valence-corrected chi connectivity index (χ3v) is 3.92. The van der Waals surface area contributed by atoms with E-state index in [1.165, 1.54) is 12.7 Å². The summed E-state index contributed by atoms with van der Waals surface area (Å²) in [6.07, 6.45) is 5.95. The highest BCUT2D eigenvalue weighted by molar-refractivity contribution is 5.44. The fraction of sp³-hybridized carbons (Fsp3) is 0.733. The molecule has 2 rings (SSSR count). The molecule has 2 N–H and O–H groups in total. The molecule has 1 saturated carbocycles. The predicted molar refractivity (Wildman–Crippen MR) is 77.0 cm³/mol. The van der Waals surface area contributed by atoms with Crippen LogP contribution in [0.4, 0.5) is 5.82 Å². The van der Waals surface area contributed by atoms with Gasteiger partial charge in [0.2, 0.25) is 5.88 Å². The molecule has 0 spiro atoms. The molecule has 1 aliphatic rings. The molecular formula is C15H25N3O. The van der Waals surface area contributed by atoms with Crippen molar-refractivity contribution < 1.29 is 4.74 Å². The van der Waals surface area contributed by atoms with Gasteiger partial charge in [-0.3, -0.25) is 0 Å². The first kappa shape index (κ1) is 14.1. The molecule has 0 radical (unpaired) electrons. The van der Waals surface area contributed by atoms with E-state index in [2.05, 4.69) is 37.7 Å². The number of ether oxygens (including phenoxy) is 1. The standard InChI is InChI=1S/C15H25N3O/c1-5-12-13(16)17-9-18-14(12)19-11-6-10(2)7-15(3,4)8-11/h9-11H,5-8H2,1-4H3,(H2,16,17,18). The lowest BCUT2D eigenvalue weighted by atomic mass is 9.71. The molecule has 19 heavy (non-hydrogen) atoms. The van der Waals surface area contributed by atoms with E-state index in [1.807, 2.05) is 0 Å². The number of aromatic nitrogens is 2. The molecule has 0 aliphatic heterocycles. The molecule has 0 aromatic carbocycles. The van der Waals surface area contributed by atoms with Crippen molar-refractivity contribution in [3.63, 3.8) is 0 Å². The van der Waals surface area contributed by atoms with E-state index in [0.717, 1.165) is 24.8 Å². The maximum Gasteiger partial charge on any atom is 0.222 e. The first-order valence-corrected chi connectivity index (χ1v) is 7.17. The van der Waals surface area contributed by atoms with Gasteiger partial charge in [-0.1, -0.05) is 27.7 Å². The fourth-order valence-corrected chi connectivity index (χ4v) is 3.35. The van der Waals surface area contributed by atoms with Crippen LogP contribution in [0.15, 0.2) is 6.33 Å². The van der Waals surface area contributed by atoms with Crippen LogP contribution in [-0.2, 0) is 6.42 Å². The summed E-state index contributed by atoms with van der Waals surface area (Å²) in [5, 5.41) is 0. The average Bonchev–Trinajstić information content (AvgIpc) is 2.26. The maximum absolute atomic E-state index is 6.13. The zero-order valence-corrected chi connectivity index (χ0v) is 12.4. The number of nitrogens with two attached hydrogens (primary N) is 1. The van der Waals surface area contributed by atoms with E-state index in [0.29, 0.717) is 23.0 Å². The molecule has 4 nitrogen and oxygen atoms in total. The van der Waals surface area contributed by atoms with E-state index in [9.17, 15) is 0 Å². The number of nitrogens with zero attached hydrogens (tertiary/aromatic N) is 2. The SMILES string of the molecule is CCc1c(N)ncnc1OC1CC(C)CC(C)(C)C1. The van der Waals surface area contributed by atoms with Crippen LogP contribution >= 0.6 is 0 Å². The maximum atomic E-state index is 6.13. The van der Waals surface area contributed by atoms with Crippen molar-refractivity contribution in [1.29, 1.82) is 0 Å². The zero-order valence-electron chi connectivity index (χ0n) is 12.4. The van der Waals surface area contributed by atoms with E-state index in [-0.39, 0.29) is 6.10 Å². The Hall–Kier alpha value is -1.32. The fourth-order valence-electron chi connectivity index (χ4n) is 3.35. The highest BCUT2D eigenvalue weighted by Crippen LogP contribution is 2.40. The highest BCUT2D eigenvalue weighted by atomic mass is 16.5. The lowest BCUT2D eigenvalue weighted by Gasteiger charge is -2.38. The summed E-state index contributed by atoms with van der Waals surface area (Å²) in [5.74, 6) is 1.90. The summed E-state index contributed by atoms with van der Waals surface area (Å²) in [4.78, 5) is 8.30. The lowest BCUT2D eigenvalue weighted by Crippen LogP contribution is -2.34. The Balaban J connectivity index is 2.15. The number of hydrogen-bond donors (Lipinski definition) is 1. The largest absolute Gasteiger partial charge is 0.474 e. The van der Waals surface area contributed by atoms with Gasteiger partial charge in [0.15, 0.2) is 0 Å². The Labute approximate surface area is 115 Å². The summed E-state index contributed by atoms with van der Waals surface area (Å²) in [5.41, 5.74) is 7.16. The van der Waals surface area contributed by atoms with Crippen LogP contribution in [0.2, 0.25) is 0 Å². The summed E-state index contributed by atoms with van der Waals surface area (Å²) in [6.45, 7) is 8.98. The van der Waals surface area contributed by atoms with Crippen LogP contribution in [0.5, 0.6) is 5.88 Å². The van der Waals surface area contributed by atoms with E-state index < -0.39 is 0 Å². The van der Waals surface area contributed by atoms with E-state index in [4.69, 9.17) is 10.5 Å². The normalized spacial score (nSPS) is 26.1. The first-order valence-electron chi connectivity index (χ1n) is 7.17. The highest BCUT2D eigenvalue weighted by Gasteiger charge is 2.33. The second kappa shape index (κ2) is 5.35. The molecule has 1 fully saturated rings. The number of nitrogen functional groups attached to an aromatic ring is 1. The quantitative estimate of drug-likeness (QED) is 0.909. The molecule has 2 atom stereocenters. The lowest BCUT2D eigenvalue weighted by molar-refractivity contribution is 0.0525.